The van der Waals surface area contributed by atoms with Gasteiger partial charge in [-0.2, -0.15) is 0 Å². The van der Waals surface area contributed by atoms with Crippen LogP contribution >= 0.6 is 0 Å². The van der Waals surface area contributed by atoms with E-state index in [9.17, 15) is 0 Å². The molecule has 1 unspecified atom stereocenters. The lowest BCUT2D eigenvalue weighted by Gasteiger charge is -2.22. The van der Waals surface area contributed by atoms with E-state index in [0.717, 1.165) is 38.2 Å². The van der Waals surface area contributed by atoms with Crippen LogP contribution in [-0.4, -0.2) is 26.4 Å². The van der Waals surface area contributed by atoms with Crippen LogP contribution in [0.3, 0.4) is 0 Å². The number of nitrogens with two attached hydrogens (primary N) is 1. The molecule has 20 heavy (non-hydrogen) atoms. The van der Waals surface area contributed by atoms with Crippen molar-refractivity contribution in [2.45, 2.75) is 38.6 Å². The highest BCUT2D eigenvalue weighted by atomic mass is 16.5. The molecule has 0 radical (unpaired) electrons. The Balaban J connectivity index is 1.74. The van der Waals surface area contributed by atoms with Crippen LogP contribution in [0.5, 0.6) is 0 Å². The third-order valence-corrected chi connectivity index (χ3v) is 4.02. The highest BCUT2D eigenvalue weighted by Crippen LogP contribution is 2.19. The van der Waals surface area contributed by atoms with E-state index in [2.05, 4.69) is 38.1 Å². The number of rotatable bonds is 6. The van der Waals surface area contributed by atoms with Crippen LogP contribution < -0.4 is 5.73 Å². The molecule has 1 aromatic rings. The summed E-state index contributed by atoms with van der Waals surface area (Å²) in [6.45, 7) is 7.55. The molecule has 112 valence electrons. The zero-order chi connectivity index (χ0) is 14.4. The van der Waals surface area contributed by atoms with Crippen molar-refractivity contribution in [3.05, 3.63) is 35.4 Å². The highest BCUT2D eigenvalue weighted by Gasteiger charge is 2.14. The Morgan fingerprint density at radius 1 is 1.15 bits per heavy atom. The highest BCUT2D eigenvalue weighted by molar-refractivity contribution is 5.26. The zero-order valence-corrected chi connectivity index (χ0v) is 12.7. The molecule has 2 N–H and O–H groups in total. The molecule has 0 amide bonds. The Bertz CT molecular complexity index is 382. The Hall–Kier alpha value is -0.900. The predicted octanol–water partition coefficient (Wildman–Crippen LogP) is 3.25. The van der Waals surface area contributed by atoms with Gasteiger partial charge in [0.05, 0.1) is 12.6 Å². The van der Waals surface area contributed by atoms with Gasteiger partial charge in [-0.05, 0) is 35.8 Å². The van der Waals surface area contributed by atoms with Gasteiger partial charge in [-0.1, -0.05) is 38.1 Å². The van der Waals surface area contributed by atoms with E-state index in [-0.39, 0.29) is 6.04 Å². The minimum atomic E-state index is -0.0314. The summed E-state index contributed by atoms with van der Waals surface area (Å²) in [6.07, 6.45) is 2.22. The first-order valence-electron chi connectivity index (χ1n) is 7.67. The van der Waals surface area contributed by atoms with Crippen molar-refractivity contribution in [3.63, 3.8) is 0 Å². The van der Waals surface area contributed by atoms with Crippen molar-refractivity contribution in [1.29, 1.82) is 0 Å². The largest absolute Gasteiger partial charge is 0.381 e. The van der Waals surface area contributed by atoms with E-state index in [4.69, 9.17) is 15.2 Å². The summed E-state index contributed by atoms with van der Waals surface area (Å²) < 4.78 is 11.1. The van der Waals surface area contributed by atoms with Gasteiger partial charge in [0.2, 0.25) is 0 Å². The first-order chi connectivity index (χ1) is 9.66. The van der Waals surface area contributed by atoms with Crippen LogP contribution in [0, 0.1) is 5.92 Å². The lowest BCUT2D eigenvalue weighted by Crippen LogP contribution is -2.23. The molecule has 1 saturated heterocycles. The van der Waals surface area contributed by atoms with Gasteiger partial charge in [-0.15, -0.1) is 0 Å². The van der Waals surface area contributed by atoms with Gasteiger partial charge < -0.3 is 15.2 Å². The van der Waals surface area contributed by atoms with E-state index >= 15 is 0 Å². The van der Waals surface area contributed by atoms with E-state index in [1.54, 1.807) is 0 Å². The van der Waals surface area contributed by atoms with Crippen molar-refractivity contribution >= 4 is 0 Å². The standard InChI is InChI=1S/C17H27NO2/c1-13(2)15-3-5-16(6-4-15)17(18)12-20-11-14-7-9-19-10-8-14/h3-6,13-14,17H,7-12,18H2,1-2H3. The number of hydrogen-bond donors (Lipinski definition) is 1. The molecule has 1 fully saturated rings. The molecule has 1 aliphatic heterocycles. The smallest absolute Gasteiger partial charge is 0.0659 e. The summed E-state index contributed by atoms with van der Waals surface area (Å²) in [5.74, 6) is 1.20. The van der Waals surface area contributed by atoms with Gasteiger partial charge in [0.1, 0.15) is 0 Å². The summed E-state index contributed by atoms with van der Waals surface area (Å²) >= 11 is 0. The Kier molecular flexibility index (Phi) is 6.02. The first-order valence-corrected chi connectivity index (χ1v) is 7.67. The topological polar surface area (TPSA) is 44.5 Å². The summed E-state index contributed by atoms with van der Waals surface area (Å²) in [4.78, 5) is 0. The number of ether oxygens (including phenoxy) is 2. The van der Waals surface area contributed by atoms with Gasteiger partial charge in [0, 0.05) is 19.8 Å². The molecular formula is C17H27NO2. The third kappa shape index (κ3) is 4.58. The summed E-state index contributed by atoms with van der Waals surface area (Å²) in [6, 6.07) is 8.54. The molecule has 1 atom stereocenters. The van der Waals surface area contributed by atoms with Crippen molar-refractivity contribution in [3.8, 4) is 0 Å². The lowest BCUT2D eigenvalue weighted by molar-refractivity contribution is 0.0174. The maximum Gasteiger partial charge on any atom is 0.0659 e. The average molecular weight is 277 g/mol. The van der Waals surface area contributed by atoms with Crippen LogP contribution in [0.4, 0.5) is 0 Å². The summed E-state index contributed by atoms with van der Waals surface area (Å²) in [7, 11) is 0. The molecule has 1 aliphatic rings. The Morgan fingerprint density at radius 3 is 2.35 bits per heavy atom. The normalized spacial score (nSPS) is 18.4. The SMILES string of the molecule is CC(C)c1ccc(C(N)COCC2CCOCC2)cc1. The second-order valence-electron chi connectivity index (χ2n) is 6.02. The van der Waals surface area contributed by atoms with Gasteiger partial charge in [-0.25, -0.2) is 0 Å². The molecule has 1 aromatic carbocycles. The first kappa shape index (κ1) is 15.5. The maximum absolute atomic E-state index is 6.19. The molecule has 0 aromatic heterocycles. The van der Waals surface area contributed by atoms with Gasteiger partial charge in [-0.3, -0.25) is 0 Å². The Morgan fingerprint density at radius 2 is 1.75 bits per heavy atom. The number of benzene rings is 1. The maximum atomic E-state index is 6.19. The quantitative estimate of drug-likeness (QED) is 0.868. The molecule has 0 aliphatic carbocycles. The molecule has 1 heterocycles. The summed E-state index contributed by atoms with van der Waals surface area (Å²) in [5.41, 5.74) is 8.69. The molecule has 0 spiro atoms. The second-order valence-corrected chi connectivity index (χ2v) is 6.02. The fraction of sp³-hybridized carbons (Fsp3) is 0.647. The van der Waals surface area contributed by atoms with Crippen LogP contribution in [0.15, 0.2) is 24.3 Å². The fourth-order valence-corrected chi connectivity index (χ4v) is 2.50. The van der Waals surface area contributed by atoms with Gasteiger partial charge in [0.15, 0.2) is 0 Å². The van der Waals surface area contributed by atoms with Crippen LogP contribution in [0.2, 0.25) is 0 Å². The average Bonchev–Trinajstić information content (AvgIpc) is 2.48. The minimum Gasteiger partial charge on any atom is -0.381 e. The van der Waals surface area contributed by atoms with E-state index in [0.29, 0.717) is 18.4 Å². The van der Waals surface area contributed by atoms with Crippen molar-refractivity contribution in [2.24, 2.45) is 11.7 Å². The van der Waals surface area contributed by atoms with E-state index < -0.39 is 0 Å². The third-order valence-electron chi connectivity index (χ3n) is 4.02. The van der Waals surface area contributed by atoms with Crippen LogP contribution in [0.25, 0.3) is 0 Å². The molecule has 2 rings (SSSR count). The number of hydrogen-bond acceptors (Lipinski definition) is 3. The fourth-order valence-electron chi connectivity index (χ4n) is 2.50. The van der Waals surface area contributed by atoms with Gasteiger partial charge >= 0.3 is 0 Å². The predicted molar refractivity (Wildman–Crippen MR) is 81.8 cm³/mol. The minimum absolute atomic E-state index is 0.0314. The van der Waals surface area contributed by atoms with Crippen molar-refractivity contribution in [2.75, 3.05) is 26.4 Å². The summed E-state index contributed by atoms with van der Waals surface area (Å²) in [5, 5.41) is 0. The lowest BCUT2D eigenvalue weighted by atomic mass is 9.99. The van der Waals surface area contributed by atoms with E-state index in [1.807, 2.05) is 0 Å². The molecule has 3 nitrogen and oxygen atoms in total. The van der Waals surface area contributed by atoms with E-state index in [1.165, 1.54) is 5.56 Å². The van der Waals surface area contributed by atoms with Crippen molar-refractivity contribution < 1.29 is 9.47 Å². The molecular weight excluding hydrogens is 250 g/mol. The monoisotopic (exact) mass is 277 g/mol. The molecule has 3 heteroatoms. The second kappa shape index (κ2) is 7.77. The van der Waals surface area contributed by atoms with Gasteiger partial charge in [0.25, 0.3) is 0 Å². The zero-order valence-electron chi connectivity index (χ0n) is 12.7. The van der Waals surface area contributed by atoms with Crippen LogP contribution in [-0.2, 0) is 9.47 Å². The molecule has 0 bridgehead atoms. The van der Waals surface area contributed by atoms with Crippen LogP contribution in [0.1, 0.15) is 49.8 Å². The van der Waals surface area contributed by atoms with Crippen molar-refractivity contribution in [1.82, 2.24) is 0 Å². The Labute approximate surface area is 122 Å². The molecule has 0 saturated carbocycles.